The van der Waals surface area contributed by atoms with Crippen LogP contribution in [0.15, 0.2) is 36.5 Å². The number of halogens is 2. The highest BCUT2D eigenvalue weighted by Gasteiger charge is 2.27. The smallest absolute Gasteiger partial charge is 0.405 e. The zero-order chi connectivity index (χ0) is 20.2. The third-order valence-corrected chi connectivity index (χ3v) is 4.38. The van der Waals surface area contributed by atoms with E-state index < -0.39 is 17.5 Å². The molecule has 1 heterocycles. The number of ketones is 1. The van der Waals surface area contributed by atoms with Gasteiger partial charge < -0.3 is 10.5 Å². The van der Waals surface area contributed by atoms with Crippen LogP contribution in [0.3, 0.4) is 0 Å². The van der Waals surface area contributed by atoms with E-state index in [1.54, 1.807) is 45.2 Å². The predicted octanol–water partition coefficient (Wildman–Crippen LogP) is 4.35. The number of ether oxygens (including phenoxy) is 1. The lowest BCUT2D eigenvalue weighted by molar-refractivity contribution is 0.0458. The Hall–Kier alpha value is -2.47. The summed E-state index contributed by atoms with van der Waals surface area (Å²) in [5, 5.41) is 0.0241. The topological polar surface area (TPSA) is 82.3 Å². The molecule has 1 aromatic heterocycles. The Labute approximate surface area is 162 Å². The van der Waals surface area contributed by atoms with Crippen LogP contribution in [0, 0.1) is 11.7 Å². The van der Waals surface area contributed by atoms with Gasteiger partial charge in [-0.25, -0.2) is 9.18 Å². The molecule has 0 radical (unpaired) electrons. The van der Waals surface area contributed by atoms with Gasteiger partial charge in [0.1, 0.15) is 17.1 Å². The Bertz CT molecular complexity index is 855. The summed E-state index contributed by atoms with van der Waals surface area (Å²) in [6, 6.07) is 7.90. The SMILES string of the molecule is CC(Cc1ccc(F)c(Cl)c1)C(=O)c1ncccc1CC(C)(C)OC(N)=O. The second kappa shape index (κ2) is 8.48. The number of rotatable bonds is 7. The Balaban J connectivity index is 2.20. The first-order valence-electron chi connectivity index (χ1n) is 8.49. The van der Waals surface area contributed by atoms with Gasteiger partial charge in [-0.2, -0.15) is 0 Å². The van der Waals surface area contributed by atoms with Gasteiger partial charge in [-0.15, -0.1) is 0 Å². The Morgan fingerprint density at radius 1 is 1.33 bits per heavy atom. The number of carbonyl (C=O) groups is 2. The number of amides is 1. The van der Waals surface area contributed by atoms with E-state index in [0.717, 1.165) is 5.56 Å². The van der Waals surface area contributed by atoms with Crippen LogP contribution in [0.1, 0.15) is 42.4 Å². The number of primary amides is 1. The average Bonchev–Trinajstić information content (AvgIpc) is 2.56. The largest absolute Gasteiger partial charge is 0.443 e. The van der Waals surface area contributed by atoms with Crippen LogP contribution in [-0.2, 0) is 17.6 Å². The maximum absolute atomic E-state index is 13.3. The first-order chi connectivity index (χ1) is 12.6. The summed E-state index contributed by atoms with van der Waals surface area (Å²) in [6.45, 7) is 5.20. The van der Waals surface area contributed by atoms with E-state index in [1.165, 1.54) is 12.1 Å². The monoisotopic (exact) mass is 392 g/mol. The third kappa shape index (κ3) is 5.76. The molecule has 1 amide bonds. The van der Waals surface area contributed by atoms with Crippen molar-refractivity contribution < 1.29 is 18.7 Å². The van der Waals surface area contributed by atoms with Crippen molar-refractivity contribution in [2.45, 2.75) is 39.2 Å². The molecule has 0 bridgehead atoms. The fourth-order valence-corrected chi connectivity index (χ4v) is 3.12. The van der Waals surface area contributed by atoms with Crippen LogP contribution in [-0.4, -0.2) is 22.5 Å². The number of pyridine rings is 1. The van der Waals surface area contributed by atoms with E-state index in [4.69, 9.17) is 22.1 Å². The minimum atomic E-state index is -0.877. The molecule has 2 N–H and O–H groups in total. The summed E-state index contributed by atoms with van der Waals surface area (Å²) in [4.78, 5) is 28.2. The molecule has 0 saturated heterocycles. The van der Waals surface area contributed by atoms with Gasteiger partial charge in [-0.1, -0.05) is 30.7 Å². The molecule has 0 aliphatic heterocycles. The van der Waals surface area contributed by atoms with Gasteiger partial charge in [0.15, 0.2) is 5.78 Å². The van der Waals surface area contributed by atoms with Gasteiger partial charge in [-0.3, -0.25) is 9.78 Å². The van der Waals surface area contributed by atoms with E-state index >= 15 is 0 Å². The fourth-order valence-electron chi connectivity index (χ4n) is 2.92. The molecular weight excluding hydrogens is 371 g/mol. The van der Waals surface area contributed by atoms with Crippen LogP contribution in [0.2, 0.25) is 5.02 Å². The predicted molar refractivity (Wildman–Crippen MR) is 101 cm³/mol. The number of nitrogens with two attached hydrogens (primary N) is 1. The van der Waals surface area contributed by atoms with Crippen molar-refractivity contribution in [3.05, 3.63) is 64.2 Å². The second-order valence-corrected chi connectivity index (χ2v) is 7.49. The molecule has 144 valence electrons. The normalized spacial score (nSPS) is 12.5. The molecule has 0 aliphatic carbocycles. The number of aromatic nitrogens is 1. The lowest BCUT2D eigenvalue weighted by Crippen LogP contribution is -2.34. The Morgan fingerprint density at radius 2 is 2.04 bits per heavy atom. The molecule has 0 saturated carbocycles. The standard InChI is InChI=1S/C20H22ClFN2O3/c1-12(9-13-6-7-16(22)15(21)10-13)18(25)17-14(5-4-8-24-17)11-20(2,3)27-19(23)26/h4-8,10,12H,9,11H2,1-3H3,(H2,23,26). The van der Waals surface area contributed by atoms with Crippen LogP contribution >= 0.6 is 11.6 Å². The number of carbonyl (C=O) groups excluding carboxylic acids is 2. The number of nitrogens with zero attached hydrogens (tertiary/aromatic N) is 1. The summed E-state index contributed by atoms with van der Waals surface area (Å²) < 4.78 is 18.4. The van der Waals surface area contributed by atoms with Gasteiger partial charge in [0.25, 0.3) is 0 Å². The third-order valence-electron chi connectivity index (χ3n) is 4.09. The maximum atomic E-state index is 13.3. The maximum Gasteiger partial charge on any atom is 0.405 e. The van der Waals surface area contributed by atoms with Gasteiger partial charge in [0.2, 0.25) is 0 Å². The minimum Gasteiger partial charge on any atom is -0.443 e. The molecule has 0 aliphatic rings. The highest BCUT2D eigenvalue weighted by molar-refractivity contribution is 6.30. The molecular formula is C20H22ClFN2O3. The quantitative estimate of drug-likeness (QED) is 0.710. The summed E-state index contributed by atoms with van der Waals surface area (Å²) in [5.74, 6) is -1.04. The van der Waals surface area contributed by atoms with Crippen molar-refractivity contribution in [2.75, 3.05) is 0 Å². The van der Waals surface area contributed by atoms with Crippen molar-refractivity contribution in [3.63, 3.8) is 0 Å². The van der Waals surface area contributed by atoms with Crippen LogP contribution in [0.25, 0.3) is 0 Å². The van der Waals surface area contributed by atoms with Crippen LogP contribution in [0.4, 0.5) is 9.18 Å². The summed E-state index contributed by atoms with van der Waals surface area (Å²) in [5.41, 5.74) is 5.97. The molecule has 2 aromatic rings. The highest BCUT2D eigenvalue weighted by atomic mass is 35.5. The highest BCUT2D eigenvalue weighted by Crippen LogP contribution is 2.23. The first kappa shape index (κ1) is 20.8. The van der Waals surface area contributed by atoms with Crippen LogP contribution < -0.4 is 5.73 Å². The van der Waals surface area contributed by atoms with Crippen LogP contribution in [0.5, 0.6) is 0 Å². The molecule has 1 aromatic carbocycles. The van der Waals surface area contributed by atoms with Gasteiger partial charge in [-0.05, 0) is 49.6 Å². The molecule has 5 nitrogen and oxygen atoms in total. The molecule has 27 heavy (non-hydrogen) atoms. The summed E-state index contributed by atoms with van der Waals surface area (Å²) in [6.07, 6.45) is 1.36. The zero-order valence-electron chi connectivity index (χ0n) is 15.5. The van der Waals surface area contributed by atoms with Crippen molar-refractivity contribution in [1.29, 1.82) is 0 Å². The van der Waals surface area contributed by atoms with Crippen molar-refractivity contribution in [1.82, 2.24) is 4.98 Å². The zero-order valence-corrected chi connectivity index (χ0v) is 16.2. The number of hydrogen-bond donors (Lipinski definition) is 1. The van der Waals surface area contributed by atoms with Crippen molar-refractivity contribution in [2.24, 2.45) is 11.7 Å². The van der Waals surface area contributed by atoms with Gasteiger partial charge >= 0.3 is 6.09 Å². The van der Waals surface area contributed by atoms with Crippen molar-refractivity contribution in [3.8, 4) is 0 Å². The van der Waals surface area contributed by atoms with E-state index in [-0.39, 0.29) is 16.7 Å². The molecule has 7 heteroatoms. The molecule has 2 rings (SSSR count). The van der Waals surface area contributed by atoms with E-state index in [2.05, 4.69) is 4.98 Å². The van der Waals surface area contributed by atoms with E-state index in [1.807, 2.05) is 0 Å². The molecule has 1 unspecified atom stereocenters. The van der Waals surface area contributed by atoms with Gasteiger partial charge in [0, 0.05) is 18.5 Å². The molecule has 1 atom stereocenters. The Morgan fingerprint density at radius 3 is 2.67 bits per heavy atom. The van der Waals surface area contributed by atoms with Crippen molar-refractivity contribution >= 4 is 23.5 Å². The number of hydrogen-bond acceptors (Lipinski definition) is 4. The van der Waals surface area contributed by atoms with Gasteiger partial charge in [0.05, 0.1) is 5.02 Å². The molecule has 0 spiro atoms. The summed E-state index contributed by atoms with van der Waals surface area (Å²) >= 11 is 5.81. The second-order valence-electron chi connectivity index (χ2n) is 7.09. The lowest BCUT2D eigenvalue weighted by Gasteiger charge is -2.25. The number of Topliss-reactive ketones (excluding diaryl/α,β-unsaturated/α-hetero) is 1. The minimum absolute atomic E-state index is 0.0241. The van der Waals surface area contributed by atoms with E-state index in [9.17, 15) is 14.0 Å². The number of benzene rings is 1. The lowest BCUT2D eigenvalue weighted by atomic mass is 9.90. The summed E-state index contributed by atoms with van der Waals surface area (Å²) in [7, 11) is 0. The fraction of sp³-hybridized carbons (Fsp3) is 0.350. The molecule has 0 fully saturated rings. The van der Waals surface area contributed by atoms with E-state index in [0.29, 0.717) is 24.1 Å². The Kier molecular flexibility index (Phi) is 6.54. The average molecular weight is 393 g/mol. The first-order valence-corrected chi connectivity index (χ1v) is 8.87.